The third-order valence-electron chi connectivity index (χ3n) is 7.11. The van der Waals surface area contributed by atoms with Gasteiger partial charge in [-0.2, -0.15) is 11.8 Å². The standard InChI is InChI=1S/C30H39N3O11S/c1-17(34)33-24-22(35)14-30(29(41)42,43-12-5-13-45-16-21(31)28(39)40)44-26(24)25(37)23(36)15-32-27(38)20-10-8-19(9-11-20)18-6-3-2-4-7-18/h2-4,6-11,21-26,35-37H,5,12-16,31H2,1H3,(H,32,38)(H,33,34)(H,39,40)(H,41,42)/t21?,22-,23+,24+,25+,26?,30+/m0/s1. The second kappa shape index (κ2) is 16.7. The number of carboxylic acids is 2. The number of aliphatic carboxylic acids is 2. The third-order valence-corrected chi connectivity index (χ3v) is 8.28. The van der Waals surface area contributed by atoms with Gasteiger partial charge in [0.1, 0.15) is 18.2 Å². The predicted octanol–water partition coefficient (Wildman–Crippen LogP) is -0.208. The van der Waals surface area contributed by atoms with E-state index >= 15 is 0 Å². The van der Waals surface area contributed by atoms with Crippen LogP contribution in [0.25, 0.3) is 11.1 Å². The lowest BCUT2D eigenvalue weighted by Crippen LogP contribution is -2.68. The Hall–Kier alpha value is -3.57. The van der Waals surface area contributed by atoms with E-state index in [1.165, 1.54) is 11.8 Å². The Balaban J connectivity index is 1.65. The average Bonchev–Trinajstić information content (AvgIpc) is 3.02. The maximum atomic E-state index is 12.7. The van der Waals surface area contributed by atoms with Gasteiger partial charge in [-0.3, -0.25) is 14.4 Å². The number of hydrogen-bond acceptors (Lipinski definition) is 11. The molecule has 0 spiro atoms. The summed E-state index contributed by atoms with van der Waals surface area (Å²) in [6.45, 7) is 0.503. The largest absolute Gasteiger partial charge is 0.480 e. The molecule has 2 amide bonds. The van der Waals surface area contributed by atoms with Gasteiger partial charge in [0.05, 0.1) is 24.9 Å². The SMILES string of the molecule is CC(=O)N[C@H]1C([C@H](O)[C@H](O)CNC(=O)c2ccc(-c3ccccc3)cc2)O[C@@](OCCCSCC(N)C(=O)O)(C(=O)O)C[C@@H]1O. The molecule has 9 N–H and O–H groups in total. The number of nitrogens with two attached hydrogens (primary N) is 1. The molecule has 246 valence electrons. The van der Waals surface area contributed by atoms with Crippen LogP contribution in [0.2, 0.25) is 0 Å². The molecule has 7 atom stereocenters. The summed E-state index contributed by atoms with van der Waals surface area (Å²) in [7, 11) is 0. The van der Waals surface area contributed by atoms with Gasteiger partial charge in [-0.1, -0.05) is 42.5 Å². The molecular weight excluding hydrogens is 610 g/mol. The highest BCUT2D eigenvalue weighted by Crippen LogP contribution is 2.34. The Morgan fingerprint density at radius 2 is 1.71 bits per heavy atom. The van der Waals surface area contributed by atoms with Crippen molar-refractivity contribution in [1.29, 1.82) is 0 Å². The van der Waals surface area contributed by atoms with Gasteiger partial charge in [-0.05, 0) is 35.4 Å². The minimum atomic E-state index is -2.44. The number of aliphatic hydroxyl groups is 3. The van der Waals surface area contributed by atoms with E-state index in [9.17, 15) is 39.6 Å². The van der Waals surface area contributed by atoms with Crippen molar-refractivity contribution in [2.75, 3.05) is 24.7 Å². The van der Waals surface area contributed by atoms with E-state index in [0.29, 0.717) is 11.3 Å². The molecule has 0 radical (unpaired) electrons. The Morgan fingerprint density at radius 3 is 2.31 bits per heavy atom. The highest BCUT2D eigenvalue weighted by molar-refractivity contribution is 7.99. The first kappa shape index (κ1) is 35.9. The topological polar surface area (TPSA) is 238 Å². The molecule has 2 aromatic carbocycles. The Morgan fingerprint density at radius 1 is 1.07 bits per heavy atom. The highest BCUT2D eigenvalue weighted by atomic mass is 32.2. The van der Waals surface area contributed by atoms with Crippen molar-refractivity contribution in [2.45, 2.75) is 62.1 Å². The van der Waals surface area contributed by atoms with Crippen LogP contribution in [-0.2, 0) is 23.9 Å². The lowest BCUT2D eigenvalue weighted by Gasteiger charge is -2.46. The van der Waals surface area contributed by atoms with Crippen LogP contribution in [0.1, 0.15) is 30.1 Å². The number of thioether (sulfide) groups is 1. The number of rotatable bonds is 16. The van der Waals surface area contributed by atoms with Gasteiger partial charge >= 0.3 is 11.9 Å². The Labute approximate surface area is 263 Å². The molecule has 0 bridgehead atoms. The highest BCUT2D eigenvalue weighted by Gasteiger charge is 2.55. The molecule has 0 aromatic heterocycles. The summed E-state index contributed by atoms with van der Waals surface area (Å²) in [4.78, 5) is 47.8. The van der Waals surface area contributed by atoms with Crippen LogP contribution >= 0.6 is 11.8 Å². The molecule has 1 aliphatic rings. The number of amides is 2. The molecule has 2 unspecified atom stereocenters. The fraction of sp³-hybridized carbons (Fsp3) is 0.467. The quantitative estimate of drug-likeness (QED) is 0.110. The van der Waals surface area contributed by atoms with E-state index in [0.717, 1.165) is 18.1 Å². The van der Waals surface area contributed by atoms with Crippen LogP contribution in [0.5, 0.6) is 0 Å². The summed E-state index contributed by atoms with van der Waals surface area (Å²) in [5.41, 5.74) is 7.61. The Kier molecular flexibility index (Phi) is 13.3. The minimum Gasteiger partial charge on any atom is -0.480 e. The van der Waals surface area contributed by atoms with Crippen LogP contribution < -0.4 is 16.4 Å². The first-order chi connectivity index (χ1) is 21.3. The zero-order valence-corrected chi connectivity index (χ0v) is 25.4. The molecule has 1 aliphatic heterocycles. The second-order valence-electron chi connectivity index (χ2n) is 10.6. The molecule has 1 fully saturated rings. The number of nitrogens with one attached hydrogen (secondary N) is 2. The van der Waals surface area contributed by atoms with Gasteiger partial charge in [-0.15, -0.1) is 0 Å². The molecule has 0 aliphatic carbocycles. The van der Waals surface area contributed by atoms with Gasteiger partial charge < -0.3 is 51.4 Å². The summed E-state index contributed by atoms with van der Waals surface area (Å²) in [6, 6.07) is 13.9. The van der Waals surface area contributed by atoms with E-state index in [4.69, 9.17) is 20.3 Å². The number of ether oxygens (including phenoxy) is 2. The van der Waals surface area contributed by atoms with E-state index in [2.05, 4.69) is 10.6 Å². The molecule has 2 aromatic rings. The molecule has 1 heterocycles. The van der Waals surface area contributed by atoms with Crippen LogP contribution in [0.3, 0.4) is 0 Å². The summed E-state index contributed by atoms with van der Waals surface area (Å²) in [5.74, 6) is -5.84. The average molecular weight is 650 g/mol. The van der Waals surface area contributed by atoms with Gasteiger partial charge in [0, 0.05) is 31.2 Å². The summed E-state index contributed by atoms with van der Waals surface area (Å²) in [6.07, 6.45) is -7.15. The summed E-state index contributed by atoms with van der Waals surface area (Å²) >= 11 is 1.23. The summed E-state index contributed by atoms with van der Waals surface area (Å²) < 4.78 is 11.3. The molecule has 3 rings (SSSR count). The molecule has 0 saturated carbocycles. The molecule has 14 nitrogen and oxygen atoms in total. The zero-order valence-electron chi connectivity index (χ0n) is 24.6. The maximum Gasteiger partial charge on any atom is 0.364 e. The number of carbonyl (C=O) groups excluding carboxylic acids is 2. The lowest BCUT2D eigenvalue weighted by atomic mass is 9.88. The van der Waals surface area contributed by atoms with Gasteiger partial charge in [0.25, 0.3) is 11.7 Å². The van der Waals surface area contributed by atoms with Crippen LogP contribution in [0.15, 0.2) is 54.6 Å². The number of aliphatic hydroxyl groups excluding tert-OH is 3. The molecule has 1 saturated heterocycles. The van der Waals surface area contributed by atoms with Crippen molar-refractivity contribution in [1.82, 2.24) is 10.6 Å². The van der Waals surface area contributed by atoms with Gasteiger partial charge in [0.2, 0.25) is 5.91 Å². The number of benzene rings is 2. The molecular formula is C30H39N3O11S. The Bertz CT molecular complexity index is 1300. The van der Waals surface area contributed by atoms with Crippen molar-refractivity contribution < 1.29 is 54.2 Å². The van der Waals surface area contributed by atoms with Gasteiger partial charge in [0.15, 0.2) is 0 Å². The minimum absolute atomic E-state index is 0.134. The fourth-order valence-electron chi connectivity index (χ4n) is 4.71. The monoisotopic (exact) mass is 649 g/mol. The number of carbonyl (C=O) groups is 4. The predicted molar refractivity (Wildman–Crippen MR) is 163 cm³/mol. The number of hydrogen-bond donors (Lipinski definition) is 8. The lowest BCUT2D eigenvalue weighted by molar-refractivity contribution is -0.310. The third kappa shape index (κ3) is 9.96. The van der Waals surface area contributed by atoms with Crippen molar-refractivity contribution in [3.8, 4) is 11.1 Å². The van der Waals surface area contributed by atoms with E-state index in [1.54, 1.807) is 24.3 Å². The maximum absolute atomic E-state index is 12.7. The second-order valence-corrected chi connectivity index (χ2v) is 11.7. The first-order valence-corrected chi connectivity index (χ1v) is 15.4. The van der Waals surface area contributed by atoms with Crippen LogP contribution in [-0.4, -0.2) is 116 Å². The number of carboxylic acid groups (broad SMARTS) is 2. The smallest absolute Gasteiger partial charge is 0.364 e. The van der Waals surface area contributed by atoms with Crippen LogP contribution in [0, 0.1) is 0 Å². The molecule has 45 heavy (non-hydrogen) atoms. The fourth-order valence-corrected chi connectivity index (χ4v) is 5.60. The van der Waals surface area contributed by atoms with Crippen molar-refractivity contribution in [3.63, 3.8) is 0 Å². The molecule has 15 heteroatoms. The van der Waals surface area contributed by atoms with Crippen LogP contribution in [0.4, 0.5) is 0 Å². The van der Waals surface area contributed by atoms with E-state index in [-0.39, 0.29) is 18.8 Å². The normalized spacial score (nSPS) is 23.4. The van der Waals surface area contributed by atoms with Crippen molar-refractivity contribution >= 4 is 35.5 Å². The first-order valence-electron chi connectivity index (χ1n) is 14.2. The van der Waals surface area contributed by atoms with E-state index in [1.807, 2.05) is 30.3 Å². The van der Waals surface area contributed by atoms with Gasteiger partial charge in [-0.25, -0.2) is 4.79 Å². The van der Waals surface area contributed by atoms with Crippen molar-refractivity contribution in [3.05, 3.63) is 60.2 Å². The zero-order chi connectivity index (χ0) is 33.1. The van der Waals surface area contributed by atoms with E-state index < -0.39 is 79.0 Å². The summed E-state index contributed by atoms with van der Waals surface area (Å²) in [5, 5.41) is 56.5. The van der Waals surface area contributed by atoms with Crippen molar-refractivity contribution in [2.24, 2.45) is 5.73 Å².